The molecule has 0 spiro atoms. The van der Waals surface area contributed by atoms with Crippen LogP contribution in [0.25, 0.3) is 16.2 Å². The van der Waals surface area contributed by atoms with E-state index in [4.69, 9.17) is 4.74 Å². The third-order valence-corrected chi connectivity index (χ3v) is 7.47. The average Bonchev–Trinajstić information content (AvgIpc) is 3.37. The summed E-state index contributed by atoms with van der Waals surface area (Å²) in [7, 11) is 0. The van der Waals surface area contributed by atoms with Gasteiger partial charge in [-0.25, -0.2) is 19.2 Å². The number of ether oxygens (including phenoxy) is 1. The number of hydrogen-bond donors (Lipinski definition) is 1. The molecule has 1 unspecified atom stereocenters. The molecule has 5 rings (SSSR count). The summed E-state index contributed by atoms with van der Waals surface area (Å²) in [5.41, 5.74) is -1.27. The molecule has 1 amide bonds. The van der Waals surface area contributed by atoms with Crippen LogP contribution in [-0.2, 0) is 14.3 Å². The number of aromatic carboxylic acids is 1. The van der Waals surface area contributed by atoms with E-state index in [9.17, 15) is 24.3 Å². The molecule has 2 aliphatic rings. The second-order valence-electron chi connectivity index (χ2n) is 9.09. The Labute approximate surface area is 214 Å². The number of carbonyl (C=O) groups excluding carboxylic acids is 2. The fourth-order valence-corrected chi connectivity index (χ4v) is 5.23. The molecule has 0 radical (unpaired) electrons. The predicted molar refractivity (Wildman–Crippen MR) is 132 cm³/mol. The van der Waals surface area contributed by atoms with Crippen molar-refractivity contribution in [3.63, 3.8) is 0 Å². The average molecular weight is 530 g/mol. The van der Waals surface area contributed by atoms with Crippen molar-refractivity contribution < 1.29 is 28.6 Å². The van der Waals surface area contributed by atoms with Crippen LogP contribution >= 0.6 is 11.3 Å². The lowest BCUT2D eigenvalue weighted by Gasteiger charge is -2.39. The predicted octanol–water partition coefficient (Wildman–Crippen LogP) is 1.71. The topological polar surface area (TPSA) is 135 Å². The molecule has 11 nitrogen and oxygen atoms in total. The number of rotatable bonds is 7. The molecule has 1 atom stereocenters. The Hall–Kier alpha value is -3.71. The summed E-state index contributed by atoms with van der Waals surface area (Å²) in [5.74, 6) is -2.50. The van der Waals surface area contributed by atoms with E-state index in [1.54, 1.807) is 15.2 Å². The molecular weight excluding hydrogens is 505 g/mol. The van der Waals surface area contributed by atoms with Crippen LogP contribution in [0.1, 0.15) is 30.1 Å². The molecule has 2 aliphatic heterocycles. The summed E-state index contributed by atoms with van der Waals surface area (Å²) < 4.78 is 22.1. The largest absolute Gasteiger partial charge is 0.477 e. The number of amides is 1. The molecule has 2 fully saturated rings. The lowest BCUT2D eigenvalue weighted by atomic mass is 9.91. The van der Waals surface area contributed by atoms with Crippen molar-refractivity contribution >= 4 is 45.8 Å². The highest BCUT2D eigenvalue weighted by Gasteiger charge is 2.35. The third kappa shape index (κ3) is 4.83. The van der Waals surface area contributed by atoms with E-state index >= 15 is 4.39 Å². The molecule has 0 saturated carbocycles. The maximum atomic E-state index is 15.1. The Morgan fingerprint density at radius 2 is 2.05 bits per heavy atom. The van der Waals surface area contributed by atoms with Gasteiger partial charge in [-0.1, -0.05) is 0 Å². The van der Waals surface area contributed by atoms with Gasteiger partial charge < -0.3 is 19.6 Å². The van der Waals surface area contributed by atoms with Crippen LogP contribution in [-0.4, -0.2) is 81.1 Å². The third-order valence-electron chi connectivity index (χ3n) is 6.70. The maximum absolute atomic E-state index is 15.1. The van der Waals surface area contributed by atoms with Crippen molar-refractivity contribution in [1.82, 2.24) is 19.4 Å². The fraction of sp³-hybridized carbons (Fsp3) is 0.417. The van der Waals surface area contributed by atoms with Gasteiger partial charge in [0, 0.05) is 57.3 Å². The van der Waals surface area contributed by atoms with Gasteiger partial charge in [-0.05, 0) is 12.5 Å². The highest BCUT2D eigenvalue weighted by atomic mass is 32.1. The van der Waals surface area contributed by atoms with E-state index in [-0.39, 0.29) is 53.7 Å². The van der Waals surface area contributed by atoms with Crippen molar-refractivity contribution in [2.75, 3.05) is 37.7 Å². The zero-order valence-corrected chi connectivity index (χ0v) is 20.7. The van der Waals surface area contributed by atoms with Crippen molar-refractivity contribution in [1.29, 1.82) is 0 Å². The standard InChI is InChI=1S/C24H24FN5O6S/c1-13(31)28-5-6-36-15(11-28)2-3-19(32)14-9-29(10-14)22-18(25)8-16-20(33)17(23(34)35)12-30(21(16)27-22)24-26-4-7-37-24/h4,7-8,12,14-15H,2-3,5-6,9-11H2,1H3,(H,34,35). The van der Waals surface area contributed by atoms with E-state index in [2.05, 4.69) is 9.97 Å². The Balaban J connectivity index is 1.32. The Bertz CT molecular complexity index is 1440. The number of fused-ring (bicyclic) bond motifs is 1. The van der Waals surface area contributed by atoms with E-state index in [0.29, 0.717) is 37.7 Å². The highest BCUT2D eigenvalue weighted by molar-refractivity contribution is 7.12. The first-order valence-electron chi connectivity index (χ1n) is 11.8. The lowest BCUT2D eigenvalue weighted by molar-refractivity contribution is -0.137. The number of morpholine rings is 1. The number of thiazole rings is 1. The summed E-state index contributed by atoms with van der Waals surface area (Å²) in [4.78, 5) is 60.5. The lowest BCUT2D eigenvalue weighted by Crippen LogP contribution is -2.51. The summed E-state index contributed by atoms with van der Waals surface area (Å²) >= 11 is 1.21. The number of carboxylic acid groups (broad SMARTS) is 1. The number of carboxylic acids is 1. The van der Waals surface area contributed by atoms with Crippen molar-refractivity contribution in [3.05, 3.63) is 45.4 Å². The molecule has 1 N–H and O–H groups in total. The first-order chi connectivity index (χ1) is 17.7. The molecule has 0 bridgehead atoms. The van der Waals surface area contributed by atoms with Crippen LogP contribution in [0.2, 0.25) is 0 Å². The van der Waals surface area contributed by atoms with Crippen molar-refractivity contribution in [2.24, 2.45) is 5.92 Å². The van der Waals surface area contributed by atoms with E-state index in [0.717, 1.165) is 12.3 Å². The van der Waals surface area contributed by atoms with Crippen molar-refractivity contribution in [3.8, 4) is 5.13 Å². The second-order valence-corrected chi connectivity index (χ2v) is 9.96. The number of halogens is 1. The Morgan fingerprint density at radius 1 is 1.27 bits per heavy atom. The van der Waals surface area contributed by atoms with Gasteiger partial charge in [0.05, 0.1) is 24.0 Å². The van der Waals surface area contributed by atoms with Crippen LogP contribution in [0, 0.1) is 11.7 Å². The first kappa shape index (κ1) is 25.0. The van der Waals surface area contributed by atoms with Crippen LogP contribution in [0.4, 0.5) is 10.2 Å². The monoisotopic (exact) mass is 529 g/mol. The minimum absolute atomic E-state index is 0.0152. The molecule has 194 valence electrons. The number of anilines is 1. The molecule has 3 aromatic rings. The van der Waals surface area contributed by atoms with Crippen LogP contribution < -0.4 is 10.3 Å². The van der Waals surface area contributed by atoms with Gasteiger partial charge >= 0.3 is 5.97 Å². The number of aromatic nitrogens is 3. The molecular formula is C24H24FN5O6S. The number of carbonyl (C=O) groups is 3. The molecule has 13 heteroatoms. The van der Waals surface area contributed by atoms with Gasteiger partial charge in [0.2, 0.25) is 11.3 Å². The molecule has 5 heterocycles. The second kappa shape index (κ2) is 9.98. The van der Waals surface area contributed by atoms with Gasteiger partial charge in [-0.15, -0.1) is 11.3 Å². The number of hydrogen-bond acceptors (Lipinski definition) is 9. The van der Waals surface area contributed by atoms with Gasteiger partial charge in [0.25, 0.3) is 0 Å². The van der Waals surface area contributed by atoms with Gasteiger partial charge in [0.1, 0.15) is 11.3 Å². The zero-order chi connectivity index (χ0) is 26.3. The normalized spacial score (nSPS) is 18.2. The number of Topliss-reactive ketones (excluding diaryl/α,β-unsaturated/α-hetero) is 1. The smallest absolute Gasteiger partial charge is 0.341 e. The highest BCUT2D eigenvalue weighted by Crippen LogP contribution is 2.30. The number of ketones is 1. The Kier molecular flexibility index (Phi) is 6.73. The minimum atomic E-state index is -1.43. The van der Waals surface area contributed by atoms with Gasteiger partial charge in [-0.2, -0.15) is 0 Å². The minimum Gasteiger partial charge on any atom is -0.477 e. The Morgan fingerprint density at radius 3 is 2.73 bits per heavy atom. The molecule has 3 aromatic heterocycles. The fourth-order valence-electron chi connectivity index (χ4n) is 4.61. The van der Waals surface area contributed by atoms with E-state index in [1.807, 2.05) is 0 Å². The zero-order valence-electron chi connectivity index (χ0n) is 19.9. The number of pyridine rings is 2. The van der Waals surface area contributed by atoms with Crippen molar-refractivity contribution in [2.45, 2.75) is 25.9 Å². The van der Waals surface area contributed by atoms with E-state index < -0.39 is 22.8 Å². The van der Waals surface area contributed by atoms with Gasteiger partial charge in [0.15, 0.2) is 22.4 Å². The molecule has 2 saturated heterocycles. The van der Waals surface area contributed by atoms with Gasteiger partial charge in [-0.3, -0.25) is 19.0 Å². The summed E-state index contributed by atoms with van der Waals surface area (Å²) in [6.07, 6.45) is 3.29. The SMILES string of the molecule is CC(=O)N1CCOC(CCC(=O)C2CN(c3nc4c(cc3F)c(=O)c(C(=O)O)cn4-c3nccs3)C2)C1. The quantitative estimate of drug-likeness (QED) is 0.485. The first-order valence-corrected chi connectivity index (χ1v) is 12.6. The summed E-state index contributed by atoms with van der Waals surface area (Å²) in [6.45, 7) is 3.52. The van der Waals surface area contributed by atoms with Crippen LogP contribution in [0.15, 0.2) is 28.6 Å². The maximum Gasteiger partial charge on any atom is 0.341 e. The molecule has 37 heavy (non-hydrogen) atoms. The van der Waals surface area contributed by atoms with Crippen LogP contribution in [0.3, 0.4) is 0 Å². The summed E-state index contributed by atoms with van der Waals surface area (Å²) in [6, 6.07) is 0.993. The van der Waals surface area contributed by atoms with Crippen LogP contribution in [0.5, 0.6) is 0 Å². The molecule has 0 aromatic carbocycles. The summed E-state index contributed by atoms with van der Waals surface area (Å²) in [5, 5.41) is 11.3. The number of nitrogens with zero attached hydrogens (tertiary/aromatic N) is 5. The van der Waals surface area contributed by atoms with E-state index in [1.165, 1.54) is 29.0 Å². The molecule has 0 aliphatic carbocycles.